The van der Waals surface area contributed by atoms with Crippen LogP contribution >= 0.6 is 0 Å². The molecular weight excluding hydrogens is 180 g/mol. The van der Waals surface area contributed by atoms with Gasteiger partial charge < -0.3 is 0 Å². The second kappa shape index (κ2) is 5.95. The summed E-state index contributed by atoms with van der Waals surface area (Å²) >= 11 is 0. The largest absolute Gasteiger partial charge is 0.0801 e. The molecule has 0 aliphatic heterocycles. The summed E-state index contributed by atoms with van der Waals surface area (Å²) in [4.78, 5) is 0. The predicted octanol–water partition coefficient (Wildman–Crippen LogP) is 4.59. The Morgan fingerprint density at radius 3 is 2.47 bits per heavy atom. The summed E-state index contributed by atoms with van der Waals surface area (Å²) in [5.74, 6) is 0.793. The maximum absolute atomic E-state index is 3.54. The van der Waals surface area contributed by atoms with E-state index < -0.39 is 0 Å². The molecule has 0 saturated heterocycles. The predicted molar refractivity (Wildman–Crippen MR) is 65.5 cm³/mol. The van der Waals surface area contributed by atoms with Gasteiger partial charge in [0.05, 0.1) is 0 Å². The minimum atomic E-state index is 0.793. The minimum absolute atomic E-state index is 0.793. The summed E-state index contributed by atoms with van der Waals surface area (Å²) in [6.45, 7) is 0. The van der Waals surface area contributed by atoms with E-state index in [-0.39, 0.29) is 0 Å². The lowest BCUT2D eigenvalue weighted by Gasteiger charge is -2.20. The molecule has 1 fully saturated rings. The van der Waals surface area contributed by atoms with Crippen LogP contribution in [0, 0.1) is 12.0 Å². The first-order valence-corrected chi connectivity index (χ1v) is 6.41. The van der Waals surface area contributed by atoms with Crippen molar-refractivity contribution in [3.63, 3.8) is 0 Å². The van der Waals surface area contributed by atoms with Crippen molar-refractivity contribution in [1.82, 2.24) is 0 Å². The lowest BCUT2D eigenvalue weighted by Crippen LogP contribution is -2.06. The first-order chi connectivity index (χ1) is 7.47. The van der Waals surface area contributed by atoms with Gasteiger partial charge in [0.1, 0.15) is 0 Å². The highest BCUT2D eigenvalue weighted by Crippen LogP contribution is 2.29. The minimum Gasteiger partial charge on any atom is -0.0801 e. The van der Waals surface area contributed by atoms with Crippen molar-refractivity contribution >= 4 is 0 Å². The Balaban J connectivity index is 1.97. The maximum atomic E-state index is 3.54. The number of allylic oxidation sites excluding steroid dienone is 6. The highest BCUT2D eigenvalue weighted by molar-refractivity contribution is 5.25. The Morgan fingerprint density at radius 2 is 1.67 bits per heavy atom. The Labute approximate surface area is 93.8 Å². The molecule has 0 aromatic rings. The van der Waals surface area contributed by atoms with E-state index in [0.717, 1.165) is 12.3 Å². The van der Waals surface area contributed by atoms with Gasteiger partial charge in [0.2, 0.25) is 0 Å². The Hall–Kier alpha value is -0.780. The molecule has 0 bridgehead atoms. The lowest BCUT2D eigenvalue weighted by molar-refractivity contribution is 0.423. The fourth-order valence-corrected chi connectivity index (χ4v) is 2.59. The zero-order valence-electron chi connectivity index (χ0n) is 9.54. The van der Waals surface area contributed by atoms with Gasteiger partial charge in [-0.15, -0.1) is 0 Å². The van der Waals surface area contributed by atoms with E-state index >= 15 is 0 Å². The summed E-state index contributed by atoms with van der Waals surface area (Å²) in [7, 11) is 0. The van der Waals surface area contributed by atoms with E-state index in [1.54, 1.807) is 0 Å². The molecule has 81 valence electrons. The van der Waals surface area contributed by atoms with Crippen molar-refractivity contribution in [1.29, 1.82) is 0 Å². The molecule has 0 spiro atoms. The van der Waals surface area contributed by atoms with Crippen LogP contribution in [-0.4, -0.2) is 0 Å². The number of hydrogen-bond donors (Lipinski definition) is 0. The zero-order chi connectivity index (χ0) is 10.3. The molecule has 0 heteroatoms. The van der Waals surface area contributed by atoms with Crippen molar-refractivity contribution in [3.8, 4) is 0 Å². The normalized spacial score (nSPS) is 24.1. The van der Waals surface area contributed by atoms with Crippen LogP contribution < -0.4 is 0 Å². The molecule has 0 amide bonds. The van der Waals surface area contributed by atoms with E-state index in [2.05, 4.69) is 30.4 Å². The van der Waals surface area contributed by atoms with Crippen molar-refractivity contribution in [2.24, 2.45) is 5.92 Å². The smallest absolute Gasteiger partial charge is 0.00885 e. The van der Waals surface area contributed by atoms with Crippen LogP contribution in [0.3, 0.4) is 0 Å². The second-order valence-electron chi connectivity index (χ2n) is 4.67. The zero-order valence-corrected chi connectivity index (χ0v) is 9.54. The third kappa shape index (κ3) is 3.37. The number of hydrogen-bond acceptors (Lipinski definition) is 0. The summed E-state index contributed by atoms with van der Waals surface area (Å²) in [5, 5.41) is 0. The topological polar surface area (TPSA) is 0 Å². The van der Waals surface area contributed by atoms with Gasteiger partial charge in [0.15, 0.2) is 0 Å². The lowest BCUT2D eigenvalue weighted by atomic mass is 9.85. The highest BCUT2D eigenvalue weighted by Gasteiger charge is 2.14. The molecule has 15 heavy (non-hydrogen) atoms. The third-order valence-electron chi connectivity index (χ3n) is 3.49. The first kappa shape index (κ1) is 10.7. The molecule has 0 unspecified atom stereocenters. The molecule has 2 aliphatic rings. The van der Waals surface area contributed by atoms with Gasteiger partial charge in [0.25, 0.3) is 0 Å². The first-order valence-electron chi connectivity index (χ1n) is 6.41. The molecule has 0 atom stereocenters. The molecule has 0 N–H and O–H groups in total. The molecule has 1 saturated carbocycles. The van der Waals surface area contributed by atoms with E-state index in [1.165, 1.54) is 50.5 Å². The van der Waals surface area contributed by atoms with Gasteiger partial charge in [-0.2, -0.15) is 0 Å². The van der Waals surface area contributed by atoms with Crippen molar-refractivity contribution in [2.75, 3.05) is 0 Å². The molecular formula is C15H21. The summed E-state index contributed by atoms with van der Waals surface area (Å²) in [5.41, 5.74) is 1.47. The van der Waals surface area contributed by atoms with Crippen LogP contribution in [0.15, 0.2) is 29.9 Å². The van der Waals surface area contributed by atoms with E-state index in [9.17, 15) is 0 Å². The van der Waals surface area contributed by atoms with Gasteiger partial charge in [-0.25, -0.2) is 0 Å². The standard InChI is InChI=1S/C15H21/c1-2-6-10-14(11-7-3-1)15-12-8-4-5-9-13-15/h4-5,8,12,14H,1-3,6-7,9-11H2. The van der Waals surface area contributed by atoms with Crippen molar-refractivity contribution < 1.29 is 0 Å². The Kier molecular flexibility index (Phi) is 4.25. The number of rotatable bonds is 1. The highest BCUT2D eigenvalue weighted by atomic mass is 14.2. The molecule has 2 aliphatic carbocycles. The average molecular weight is 201 g/mol. The molecule has 0 aromatic carbocycles. The molecule has 1 radical (unpaired) electrons. The van der Waals surface area contributed by atoms with Crippen molar-refractivity contribution in [3.05, 3.63) is 36.0 Å². The van der Waals surface area contributed by atoms with Gasteiger partial charge in [0, 0.05) is 0 Å². The molecule has 0 heterocycles. The van der Waals surface area contributed by atoms with Gasteiger partial charge in [-0.1, -0.05) is 56.4 Å². The molecule has 0 aromatic heterocycles. The average Bonchev–Trinajstić information content (AvgIpc) is 2.45. The van der Waals surface area contributed by atoms with Crippen LogP contribution in [0.5, 0.6) is 0 Å². The summed E-state index contributed by atoms with van der Waals surface area (Å²) < 4.78 is 0. The SMILES string of the molecule is [C]1=C(C2CCCCCCC2)C=CC=CC1. The maximum Gasteiger partial charge on any atom is -0.00885 e. The third-order valence-corrected chi connectivity index (χ3v) is 3.49. The monoisotopic (exact) mass is 201 g/mol. The molecule has 2 rings (SSSR count). The summed E-state index contributed by atoms with van der Waals surface area (Å²) in [6.07, 6.45) is 23.2. The fraction of sp³-hybridized carbons (Fsp3) is 0.600. The molecule has 0 nitrogen and oxygen atoms in total. The van der Waals surface area contributed by atoms with Crippen molar-refractivity contribution in [2.45, 2.75) is 51.4 Å². The van der Waals surface area contributed by atoms with Gasteiger partial charge >= 0.3 is 0 Å². The summed E-state index contributed by atoms with van der Waals surface area (Å²) in [6, 6.07) is 0. The van der Waals surface area contributed by atoms with E-state index in [1.807, 2.05) is 0 Å². The van der Waals surface area contributed by atoms with Crippen LogP contribution in [0.1, 0.15) is 51.4 Å². The Bertz CT molecular complexity index is 260. The van der Waals surface area contributed by atoms with E-state index in [0.29, 0.717) is 0 Å². The van der Waals surface area contributed by atoms with E-state index in [4.69, 9.17) is 0 Å². The Morgan fingerprint density at radius 1 is 0.933 bits per heavy atom. The second-order valence-corrected chi connectivity index (χ2v) is 4.67. The van der Waals surface area contributed by atoms with Crippen LogP contribution in [0.2, 0.25) is 0 Å². The van der Waals surface area contributed by atoms with Crippen LogP contribution in [0.4, 0.5) is 0 Å². The van der Waals surface area contributed by atoms with Gasteiger partial charge in [-0.3, -0.25) is 0 Å². The van der Waals surface area contributed by atoms with Crippen LogP contribution in [-0.2, 0) is 0 Å². The van der Waals surface area contributed by atoms with Gasteiger partial charge in [-0.05, 0) is 36.8 Å². The fourth-order valence-electron chi connectivity index (χ4n) is 2.59. The van der Waals surface area contributed by atoms with Crippen LogP contribution in [0.25, 0.3) is 0 Å². The quantitative estimate of drug-likeness (QED) is 0.582.